The van der Waals surface area contributed by atoms with Gasteiger partial charge in [-0.25, -0.2) is 0 Å². The van der Waals surface area contributed by atoms with Gasteiger partial charge < -0.3 is 14.2 Å². The van der Waals surface area contributed by atoms with Crippen LogP contribution in [-0.4, -0.2) is 18.8 Å². The summed E-state index contributed by atoms with van der Waals surface area (Å²) in [6, 6.07) is 11.6. The van der Waals surface area contributed by atoms with E-state index in [1.54, 1.807) is 25.3 Å². The Labute approximate surface area is 183 Å². The molecule has 0 spiro atoms. The topological polar surface area (TPSA) is 123 Å². The number of benzene rings is 1. The molecule has 0 radical (unpaired) electrons. The van der Waals surface area contributed by atoms with E-state index < -0.39 is 28.6 Å². The molecule has 1 saturated carbocycles. The molecule has 3 aliphatic rings. The third-order valence-electron chi connectivity index (χ3n) is 7.07. The molecule has 4 rings (SSSR count). The number of ether oxygens (including phenoxy) is 3. The molecule has 8 heteroatoms. The highest BCUT2D eigenvalue weighted by Gasteiger charge is 2.80. The first-order valence-electron chi connectivity index (χ1n) is 9.91. The van der Waals surface area contributed by atoms with E-state index in [1.165, 1.54) is 0 Å². The molecule has 1 aliphatic carbocycles. The molecule has 2 bridgehead atoms. The van der Waals surface area contributed by atoms with Gasteiger partial charge in [-0.2, -0.15) is 15.8 Å². The van der Waals surface area contributed by atoms with Crippen LogP contribution in [0.2, 0.25) is 0 Å². The third kappa shape index (κ3) is 2.34. The van der Waals surface area contributed by atoms with Gasteiger partial charge in [0.2, 0.25) is 17.1 Å². The highest BCUT2D eigenvalue weighted by Crippen LogP contribution is 2.70. The van der Waals surface area contributed by atoms with Gasteiger partial charge in [-0.05, 0) is 52.4 Å². The molecule has 2 aliphatic heterocycles. The average Bonchev–Trinajstić information content (AvgIpc) is 2.97. The summed E-state index contributed by atoms with van der Waals surface area (Å²) in [4.78, 5) is 0. The summed E-state index contributed by atoms with van der Waals surface area (Å²) < 4.78 is 18.3. The van der Waals surface area contributed by atoms with Gasteiger partial charge >= 0.3 is 0 Å². The van der Waals surface area contributed by atoms with Crippen LogP contribution in [-0.2, 0) is 9.47 Å². The van der Waals surface area contributed by atoms with Crippen molar-refractivity contribution < 1.29 is 14.2 Å². The molecule has 7 nitrogen and oxygen atoms in total. The van der Waals surface area contributed by atoms with Gasteiger partial charge in [0, 0.05) is 6.42 Å². The first kappa shape index (κ1) is 20.7. The normalized spacial score (nSPS) is 35.9. The minimum Gasteiger partial charge on any atom is -0.496 e. The Balaban J connectivity index is 1.95. The van der Waals surface area contributed by atoms with E-state index in [2.05, 4.69) is 41.1 Å². The van der Waals surface area contributed by atoms with Gasteiger partial charge in [-0.1, -0.05) is 19.4 Å². The number of hydrogen-bond acceptors (Lipinski definition) is 7. The number of methoxy groups -OCH3 is 1. The Bertz CT molecular complexity index is 1020. The second-order valence-electron chi connectivity index (χ2n) is 8.19. The van der Waals surface area contributed by atoms with Crippen LogP contribution < -0.4 is 4.74 Å². The van der Waals surface area contributed by atoms with Crippen molar-refractivity contribution in [1.82, 2.24) is 0 Å². The lowest BCUT2D eigenvalue weighted by Crippen LogP contribution is -2.61. The first-order chi connectivity index (χ1) is 14.4. The zero-order valence-corrected chi connectivity index (χ0v) is 18.3. The van der Waals surface area contributed by atoms with Crippen molar-refractivity contribution in [2.75, 3.05) is 7.11 Å². The van der Waals surface area contributed by atoms with Crippen LogP contribution in [0, 0.1) is 62.1 Å². The second-order valence-corrected chi connectivity index (χ2v) is 9.04. The zero-order valence-electron chi connectivity index (χ0n) is 16.7. The van der Waals surface area contributed by atoms with E-state index in [0.717, 1.165) is 12.8 Å². The quantitative estimate of drug-likeness (QED) is 0.690. The molecule has 0 amide bonds. The predicted octanol–water partition coefficient (Wildman–Crippen LogP) is 4.60. The Morgan fingerprint density at radius 3 is 2.57 bits per heavy atom. The summed E-state index contributed by atoms with van der Waals surface area (Å²) in [5.41, 5.74) is -3.06. The van der Waals surface area contributed by atoms with Crippen LogP contribution in [0.25, 0.3) is 0 Å². The SMILES string of the molecule is CCC1CCC23OC(=N)C(C#N)(C2C1)C(C#N)(C#N)C(c1ccc(OC)c(Br)c1)O3. The van der Waals surface area contributed by atoms with Crippen LogP contribution in [0.3, 0.4) is 0 Å². The molecule has 30 heavy (non-hydrogen) atoms. The molecule has 2 saturated heterocycles. The summed E-state index contributed by atoms with van der Waals surface area (Å²) in [5.74, 6) is -1.12. The van der Waals surface area contributed by atoms with Gasteiger partial charge in [0.15, 0.2) is 5.41 Å². The van der Waals surface area contributed by atoms with Crippen LogP contribution >= 0.6 is 15.9 Å². The Morgan fingerprint density at radius 2 is 2.00 bits per heavy atom. The fourth-order valence-corrected chi connectivity index (χ4v) is 5.99. The highest BCUT2D eigenvalue weighted by molar-refractivity contribution is 9.10. The van der Waals surface area contributed by atoms with Gasteiger partial charge in [0.25, 0.3) is 0 Å². The molecule has 3 fully saturated rings. The molecule has 5 atom stereocenters. The number of nitrogens with one attached hydrogen (secondary N) is 1. The summed E-state index contributed by atoms with van der Waals surface area (Å²) in [7, 11) is 1.54. The lowest BCUT2D eigenvalue weighted by Gasteiger charge is -2.52. The van der Waals surface area contributed by atoms with E-state index >= 15 is 0 Å². The van der Waals surface area contributed by atoms with Crippen molar-refractivity contribution in [3.8, 4) is 24.0 Å². The number of nitrogens with zero attached hydrogens (tertiary/aromatic N) is 3. The maximum atomic E-state index is 10.4. The molecule has 1 aromatic rings. The first-order valence-corrected chi connectivity index (χ1v) is 10.7. The Morgan fingerprint density at radius 1 is 1.27 bits per heavy atom. The molecule has 1 aromatic carbocycles. The van der Waals surface area contributed by atoms with Crippen LogP contribution in [0.4, 0.5) is 0 Å². The van der Waals surface area contributed by atoms with Crippen LogP contribution in [0.15, 0.2) is 22.7 Å². The fraction of sp³-hybridized carbons (Fsp3) is 0.545. The van der Waals surface area contributed by atoms with Crippen molar-refractivity contribution in [3.63, 3.8) is 0 Å². The van der Waals surface area contributed by atoms with Crippen molar-refractivity contribution in [2.24, 2.45) is 22.7 Å². The molecule has 2 heterocycles. The van der Waals surface area contributed by atoms with E-state index in [9.17, 15) is 15.8 Å². The van der Waals surface area contributed by atoms with Crippen molar-refractivity contribution in [2.45, 2.75) is 44.5 Å². The smallest absolute Gasteiger partial charge is 0.217 e. The van der Waals surface area contributed by atoms with Gasteiger partial charge in [0.05, 0.1) is 35.7 Å². The van der Waals surface area contributed by atoms with Crippen LogP contribution in [0.5, 0.6) is 5.75 Å². The molecule has 154 valence electrons. The summed E-state index contributed by atoms with van der Waals surface area (Å²) in [6.45, 7) is 2.08. The minimum atomic E-state index is -1.92. The maximum absolute atomic E-state index is 10.4. The van der Waals surface area contributed by atoms with E-state index in [1.807, 2.05) is 0 Å². The number of hydrogen-bond donors (Lipinski definition) is 1. The third-order valence-corrected chi connectivity index (χ3v) is 7.69. The van der Waals surface area contributed by atoms with Gasteiger partial charge in [-0.15, -0.1) is 0 Å². The summed E-state index contributed by atoms with van der Waals surface area (Å²) in [5, 5.41) is 39.6. The molecular formula is C22H21BrN4O3. The van der Waals surface area contributed by atoms with Crippen molar-refractivity contribution in [3.05, 3.63) is 28.2 Å². The number of halogens is 1. The molecular weight excluding hydrogens is 448 g/mol. The van der Waals surface area contributed by atoms with E-state index in [-0.39, 0.29) is 5.90 Å². The number of rotatable bonds is 3. The van der Waals surface area contributed by atoms with E-state index in [4.69, 9.17) is 19.6 Å². The maximum Gasteiger partial charge on any atom is 0.217 e. The van der Waals surface area contributed by atoms with Gasteiger partial charge in [-0.3, -0.25) is 5.41 Å². The molecule has 0 aromatic heterocycles. The average molecular weight is 469 g/mol. The fourth-order valence-electron chi connectivity index (χ4n) is 5.43. The number of nitriles is 3. The van der Waals surface area contributed by atoms with Crippen LogP contribution in [0.1, 0.15) is 44.3 Å². The lowest BCUT2D eigenvalue weighted by molar-refractivity contribution is -0.299. The monoisotopic (exact) mass is 468 g/mol. The zero-order chi connectivity index (χ0) is 21.7. The van der Waals surface area contributed by atoms with E-state index in [0.29, 0.717) is 34.5 Å². The minimum absolute atomic E-state index is 0.329. The predicted molar refractivity (Wildman–Crippen MR) is 109 cm³/mol. The molecule has 1 N–H and O–H groups in total. The van der Waals surface area contributed by atoms with Gasteiger partial charge in [0.1, 0.15) is 11.9 Å². The highest BCUT2D eigenvalue weighted by atomic mass is 79.9. The standard InChI is InChI=1S/C22H21BrN4O3/c1-3-13-6-7-22-17(8-13)21(12-26,19(27)30-22)20(10-24,11-25)18(29-22)14-4-5-16(28-2)15(23)9-14/h4-5,9,13,17-18,27H,3,6-8H2,1-2H3. The molecule has 5 unspecified atom stereocenters. The Hall–Kier alpha value is -2.60. The summed E-state index contributed by atoms with van der Waals surface area (Å²) in [6.07, 6.45) is 1.81. The Kier molecular flexibility index (Phi) is 4.81. The second kappa shape index (κ2) is 6.98. The van der Waals surface area contributed by atoms with Crippen molar-refractivity contribution in [1.29, 1.82) is 21.2 Å². The van der Waals surface area contributed by atoms with Crippen molar-refractivity contribution >= 4 is 21.8 Å². The largest absolute Gasteiger partial charge is 0.496 e. The summed E-state index contributed by atoms with van der Waals surface area (Å²) >= 11 is 3.44. The lowest BCUT2D eigenvalue weighted by atomic mass is 9.50.